The zero-order valence-electron chi connectivity index (χ0n) is 12.3. The number of ether oxygens (including phenoxy) is 2. The average Bonchev–Trinajstić information content (AvgIpc) is 2.34. The van der Waals surface area contributed by atoms with Crippen LogP contribution in [0.3, 0.4) is 0 Å². The molecule has 0 heterocycles. The van der Waals surface area contributed by atoms with Gasteiger partial charge in [-0.3, -0.25) is 0 Å². The summed E-state index contributed by atoms with van der Waals surface area (Å²) in [5.74, 6) is -1.80. The Bertz CT molecular complexity index is 344. The molecule has 0 aliphatic heterocycles. The van der Waals surface area contributed by atoms with Gasteiger partial charge in [-0.05, 0) is 33.1 Å². The molecule has 0 aromatic rings. The van der Waals surface area contributed by atoms with Gasteiger partial charge >= 0.3 is 11.9 Å². The fourth-order valence-corrected chi connectivity index (χ4v) is 1.59. The molecule has 0 aromatic carbocycles. The van der Waals surface area contributed by atoms with Gasteiger partial charge in [0.05, 0.1) is 6.61 Å². The van der Waals surface area contributed by atoms with Crippen molar-refractivity contribution in [1.29, 1.82) is 0 Å². The Morgan fingerprint density at radius 3 is 2.50 bits per heavy atom. The van der Waals surface area contributed by atoms with Crippen molar-refractivity contribution in [2.45, 2.75) is 45.1 Å². The minimum Gasteiger partial charge on any atom is -0.478 e. The quantitative estimate of drug-likeness (QED) is 0.273. The van der Waals surface area contributed by atoms with Crippen molar-refractivity contribution in [3.05, 3.63) is 24.8 Å². The Balaban J connectivity index is 3.81. The normalized spacial score (nSPS) is 11.5. The fraction of sp³-hybridized carbons (Fsp3) is 0.600. The predicted molar refractivity (Wildman–Crippen MR) is 76.4 cm³/mol. The molecule has 20 heavy (non-hydrogen) atoms. The largest absolute Gasteiger partial charge is 0.478 e. The zero-order chi connectivity index (χ0) is 15.4. The molecule has 0 amide bonds. The summed E-state index contributed by atoms with van der Waals surface area (Å²) in [6.45, 7) is 8.46. The molecule has 0 fully saturated rings. The number of hydrogen-bond donors (Lipinski definition) is 1. The van der Waals surface area contributed by atoms with Crippen LogP contribution in [0.5, 0.6) is 0 Å². The van der Waals surface area contributed by atoms with E-state index >= 15 is 0 Å². The van der Waals surface area contributed by atoms with Crippen molar-refractivity contribution < 1.29 is 24.2 Å². The van der Waals surface area contributed by atoms with Crippen LogP contribution in [0.4, 0.5) is 0 Å². The van der Waals surface area contributed by atoms with E-state index in [2.05, 4.69) is 6.58 Å². The molecular formula is C15H24O5. The highest BCUT2D eigenvalue weighted by Crippen LogP contribution is 2.19. The molecule has 0 saturated heterocycles. The topological polar surface area (TPSA) is 72.8 Å². The van der Waals surface area contributed by atoms with Gasteiger partial charge in [0.2, 0.25) is 0 Å². The van der Waals surface area contributed by atoms with Crippen LogP contribution in [0.25, 0.3) is 0 Å². The molecule has 0 unspecified atom stereocenters. The molecule has 0 radical (unpaired) electrons. The van der Waals surface area contributed by atoms with Gasteiger partial charge in [-0.15, -0.1) is 6.58 Å². The molecule has 5 nitrogen and oxygen atoms in total. The maximum absolute atomic E-state index is 11.4. The van der Waals surface area contributed by atoms with E-state index in [0.717, 1.165) is 37.8 Å². The Labute approximate surface area is 120 Å². The first-order chi connectivity index (χ1) is 9.37. The maximum Gasteiger partial charge on any atom is 0.331 e. The molecule has 1 N–H and O–H groups in total. The highest BCUT2D eigenvalue weighted by molar-refractivity contribution is 5.90. The first-order valence-corrected chi connectivity index (χ1v) is 6.70. The van der Waals surface area contributed by atoms with Gasteiger partial charge in [0, 0.05) is 18.8 Å². The summed E-state index contributed by atoms with van der Waals surface area (Å²) >= 11 is 0. The second kappa shape index (κ2) is 10.2. The molecule has 0 bridgehead atoms. The molecule has 0 rings (SSSR count). The minimum atomic E-state index is -1.17. The molecule has 0 spiro atoms. The number of carbonyl (C=O) groups is 2. The van der Waals surface area contributed by atoms with Gasteiger partial charge in [-0.1, -0.05) is 12.5 Å². The lowest BCUT2D eigenvalue weighted by Crippen LogP contribution is -2.27. The van der Waals surface area contributed by atoms with Crippen LogP contribution in [0.15, 0.2) is 24.8 Å². The Kier molecular flexibility index (Phi) is 9.38. The number of unbranched alkanes of at least 4 members (excludes halogenated alkanes) is 2. The van der Waals surface area contributed by atoms with E-state index in [0.29, 0.717) is 13.2 Å². The first-order valence-electron chi connectivity index (χ1n) is 6.70. The molecule has 0 saturated carbocycles. The third-order valence-corrected chi connectivity index (χ3v) is 2.54. The summed E-state index contributed by atoms with van der Waals surface area (Å²) in [7, 11) is 0. The van der Waals surface area contributed by atoms with Crippen molar-refractivity contribution >= 4 is 11.9 Å². The van der Waals surface area contributed by atoms with Gasteiger partial charge in [0.25, 0.3) is 0 Å². The van der Waals surface area contributed by atoms with E-state index in [4.69, 9.17) is 14.6 Å². The lowest BCUT2D eigenvalue weighted by Gasteiger charge is -2.24. The number of carbonyl (C=O) groups excluding carboxylic acids is 1. The van der Waals surface area contributed by atoms with Gasteiger partial charge in [-0.2, -0.15) is 0 Å². The second-order valence-electron chi connectivity index (χ2n) is 5.03. The number of aliphatic carboxylic acids is 1. The number of esters is 1. The zero-order valence-corrected chi connectivity index (χ0v) is 12.3. The molecule has 114 valence electrons. The van der Waals surface area contributed by atoms with E-state index < -0.39 is 17.5 Å². The van der Waals surface area contributed by atoms with Crippen LogP contribution in [-0.4, -0.2) is 35.9 Å². The summed E-state index contributed by atoms with van der Waals surface area (Å²) in [5.41, 5.74) is -0.595. The van der Waals surface area contributed by atoms with Crippen molar-refractivity contribution in [2.75, 3.05) is 13.2 Å². The van der Waals surface area contributed by atoms with E-state index in [1.807, 2.05) is 13.8 Å². The highest BCUT2D eigenvalue weighted by atomic mass is 16.6. The Morgan fingerprint density at radius 1 is 1.20 bits per heavy atom. The van der Waals surface area contributed by atoms with E-state index in [1.165, 1.54) is 0 Å². The number of rotatable bonds is 11. The van der Waals surface area contributed by atoms with Gasteiger partial charge in [0.1, 0.15) is 5.60 Å². The summed E-state index contributed by atoms with van der Waals surface area (Å²) in [4.78, 5) is 21.6. The second-order valence-corrected chi connectivity index (χ2v) is 5.03. The lowest BCUT2D eigenvalue weighted by atomic mass is 10.0. The predicted octanol–water partition coefficient (Wildman–Crippen LogP) is 2.71. The summed E-state index contributed by atoms with van der Waals surface area (Å²) in [6.07, 6.45) is 7.00. The SMILES string of the molecule is C=CCOCCCCCC(C)(C)OC(=O)C=CC(=O)O. The third-order valence-electron chi connectivity index (χ3n) is 2.54. The van der Waals surface area contributed by atoms with Crippen LogP contribution < -0.4 is 0 Å². The molecule has 0 aliphatic rings. The average molecular weight is 284 g/mol. The van der Waals surface area contributed by atoms with Gasteiger partial charge in [-0.25, -0.2) is 9.59 Å². The van der Waals surface area contributed by atoms with Crippen molar-refractivity contribution in [1.82, 2.24) is 0 Å². The van der Waals surface area contributed by atoms with Gasteiger partial charge in [0.15, 0.2) is 0 Å². The Hall–Kier alpha value is -1.62. The fourth-order valence-electron chi connectivity index (χ4n) is 1.59. The smallest absolute Gasteiger partial charge is 0.331 e. The van der Waals surface area contributed by atoms with Crippen LogP contribution in [0.1, 0.15) is 39.5 Å². The monoisotopic (exact) mass is 284 g/mol. The first kappa shape index (κ1) is 18.4. The molecule has 0 aliphatic carbocycles. The van der Waals surface area contributed by atoms with E-state index in [9.17, 15) is 9.59 Å². The molecule has 0 aromatic heterocycles. The number of carboxylic acid groups (broad SMARTS) is 1. The standard InChI is InChI=1S/C15H24O5/c1-4-11-19-12-7-5-6-10-15(2,3)20-14(18)9-8-13(16)17/h4,8-9H,1,5-7,10-12H2,2-3H3,(H,16,17). The molecule has 5 heteroatoms. The van der Waals surface area contributed by atoms with Gasteiger partial charge < -0.3 is 14.6 Å². The highest BCUT2D eigenvalue weighted by Gasteiger charge is 2.21. The van der Waals surface area contributed by atoms with Crippen molar-refractivity contribution in [3.8, 4) is 0 Å². The summed E-state index contributed by atoms with van der Waals surface area (Å²) < 4.78 is 10.5. The maximum atomic E-state index is 11.4. The van der Waals surface area contributed by atoms with Crippen LogP contribution in [-0.2, 0) is 19.1 Å². The van der Waals surface area contributed by atoms with Crippen molar-refractivity contribution in [2.24, 2.45) is 0 Å². The summed E-state index contributed by atoms with van der Waals surface area (Å²) in [6, 6.07) is 0. The van der Waals surface area contributed by atoms with Crippen LogP contribution in [0, 0.1) is 0 Å². The van der Waals surface area contributed by atoms with Crippen LogP contribution >= 0.6 is 0 Å². The lowest BCUT2D eigenvalue weighted by molar-refractivity contribution is -0.151. The van der Waals surface area contributed by atoms with Crippen molar-refractivity contribution in [3.63, 3.8) is 0 Å². The Morgan fingerprint density at radius 2 is 1.90 bits per heavy atom. The van der Waals surface area contributed by atoms with Crippen LogP contribution in [0.2, 0.25) is 0 Å². The molecular weight excluding hydrogens is 260 g/mol. The number of carboxylic acids is 1. The third kappa shape index (κ3) is 11.5. The van der Waals surface area contributed by atoms with E-state index in [-0.39, 0.29) is 0 Å². The number of hydrogen-bond acceptors (Lipinski definition) is 4. The van der Waals surface area contributed by atoms with E-state index in [1.54, 1.807) is 6.08 Å². The summed E-state index contributed by atoms with van der Waals surface area (Å²) in [5, 5.41) is 8.41. The minimum absolute atomic E-state index is 0.568. The molecule has 0 atom stereocenters.